The number of anilines is 1. The Morgan fingerprint density at radius 2 is 1.64 bits per heavy atom. The first kappa shape index (κ1) is 22.1. The highest BCUT2D eigenvalue weighted by atomic mass is 32.2. The average molecular weight is 404 g/mol. The van der Waals surface area contributed by atoms with Gasteiger partial charge in [-0.05, 0) is 50.2 Å². The fourth-order valence-electron chi connectivity index (χ4n) is 2.68. The summed E-state index contributed by atoms with van der Waals surface area (Å²) in [5, 5.41) is 2.83. The normalized spacial score (nSPS) is 12.0. The first-order valence-corrected chi connectivity index (χ1v) is 10.8. The first-order valence-electron chi connectivity index (χ1n) is 9.38. The zero-order valence-electron chi connectivity index (χ0n) is 16.9. The monoisotopic (exact) mass is 403 g/mol. The molecule has 0 aliphatic carbocycles. The maximum Gasteiger partial charge on any atom is 0.243 e. The van der Waals surface area contributed by atoms with Gasteiger partial charge in [-0.1, -0.05) is 37.3 Å². The van der Waals surface area contributed by atoms with E-state index in [2.05, 4.69) is 5.32 Å². The minimum absolute atomic E-state index is 0.131. The summed E-state index contributed by atoms with van der Waals surface area (Å²) in [5.74, 6) is -0.132. The molecule has 0 saturated heterocycles. The quantitative estimate of drug-likeness (QED) is 0.698. The van der Waals surface area contributed by atoms with Crippen LogP contribution in [0.4, 0.5) is 5.69 Å². The number of nitrogens with zero attached hydrogens (tertiary/aromatic N) is 2. The van der Waals surface area contributed by atoms with E-state index in [9.17, 15) is 13.2 Å². The van der Waals surface area contributed by atoms with Crippen molar-refractivity contribution in [3.63, 3.8) is 0 Å². The lowest BCUT2D eigenvalue weighted by Crippen LogP contribution is -2.33. The number of carbonyl (C=O) groups excluding carboxylic acids is 1. The summed E-state index contributed by atoms with van der Waals surface area (Å²) in [6.07, 6.45) is 0. The van der Waals surface area contributed by atoms with Crippen LogP contribution in [0, 0.1) is 0 Å². The molecule has 0 aliphatic heterocycles. The number of rotatable bonds is 9. The van der Waals surface area contributed by atoms with Gasteiger partial charge in [0.15, 0.2) is 0 Å². The van der Waals surface area contributed by atoms with Gasteiger partial charge in [-0.15, -0.1) is 0 Å². The van der Waals surface area contributed by atoms with Gasteiger partial charge in [0, 0.05) is 25.3 Å². The van der Waals surface area contributed by atoms with Gasteiger partial charge < -0.3 is 5.32 Å². The summed E-state index contributed by atoms with van der Waals surface area (Å²) in [6.45, 7) is 7.37. The molecule has 0 atom stereocenters. The lowest BCUT2D eigenvalue weighted by atomic mass is 10.2. The summed E-state index contributed by atoms with van der Waals surface area (Å²) in [5.41, 5.74) is 1.73. The number of likely N-dealkylation sites (N-methyl/N-ethyl adjacent to an activating group) is 1. The van der Waals surface area contributed by atoms with Crippen molar-refractivity contribution in [2.24, 2.45) is 0 Å². The number of nitrogens with one attached hydrogen (secondary N) is 1. The van der Waals surface area contributed by atoms with E-state index in [1.165, 1.54) is 16.4 Å². The summed E-state index contributed by atoms with van der Waals surface area (Å²) in [4.78, 5) is 14.6. The second-order valence-electron chi connectivity index (χ2n) is 6.98. The van der Waals surface area contributed by atoms with E-state index in [0.717, 1.165) is 12.1 Å². The Hall–Kier alpha value is -2.22. The largest absolute Gasteiger partial charge is 0.325 e. The summed E-state index contributed by atoms with van der Waals surface area (Å²) in [7, 11) is -1.97. The van der Waals surface area contributed by atoms with Gasteiger partial charge in [0.2, 0.25) is 15.9 Å². The molecule has 7 heteroatoms. The van der Waals surface area contributed by atoms with Gasteiger partial charge in [-0.3, -0.25) is 9.69 Å². The first-order chi connectivity index (χ1) is 13.2. The molecule has 2 aromatic carbocycles. The third kappa shape index (κ3) is 5.89. The molecule has 0 fully saturated rings. The molecule has 6 nitrogen and oxygen atoms in total. The molecule has 0 aliphatic rings. The molecule has 0 heterocycles. The highest BCUT2D eigenvalue weighted by Crippen LogP contribution is 2.19. The van der Waals surface area contributed by atoms with E-state index in [0.29, 0.717) is 12.2 Å². The van der Waals surface area contributed by atoms with E-state index in [1.54, 1.807) is 19.2 Å². The van der Waals surface area contributed by atoms with Crippen molar-refractivity contribution in [3.8, 4) is 0 Å². The van der Waals surface area contributed by atoms with Crippen LogP contribution in [0.2, 0.25) is 0 Å². The van der Waals surface area contributed by atoms with E-state index >= 15 is 0 Å². The number of benzene rings is 2. The molecular formula is C21H29N3O3S. The summed E-state index contributed by atoms with van der Waals surface area (Å²) >= 11 is 0. The smallest absolute Gasteiger partial charge is 0.243 e. The molecule has 1 amide bonds. The van der Waals surface area contributed by atoms with Crippen LogP contribution in [0.5, 0.6) is 0 Å². The van der Waals surface area contributed by atoms with Crippen LogP contribution in [0.1, 0.15) is 26.3 Å². The molecule has 152 valence electrons. The average Bonchev–Trinajstić information content (AvgIpc) is 2.67. The van der Waals surface area contributed by atoms with Gasteiger partial charge in [0.25, 0.3) is 0 Å². The molecule has 0 radical (unpaired) electrons. The van der Waals surface area contributed by atoms with E-state index in [4.69, 9.17) is 0 Å². The van der Waals surface area contributed by atoms with Crippen LogP contribution in [0.15, 0.2) is 59.5 Å². The van der Waals surface area contributed by atoms with Gasteiger partial charge in [0.1, 0.15) is 0 Å². The molecule has 0 spiro atoms. The molecule has 2 rings (SSSR count). The Balaban J connectivity index is 1.98. The Labute approximate surface area is 168 Å². The number of amides is 1. The van der Waals surface area contributed by atoms with Crippen LogP contribution >= 0.6 is 0 Å². The third-order valence-corrected chi connectivity index (χ3v) is 6.65. The Morgan fingerprint density at radius 3 is 2.18 bits per heavy atom. The topological polar surface area (TPSA) is 69.7 Å². The third-order valence-electron chi connectivity index (χ3n) is 4.61. The van der Waals surface area contributed by atoms with E-state index < -0.39 is 10.0 Å². The summed E-state index contributed by atoms with van der Waals surface area (Å²) in [6, 6.07) is 16.1. The van der Waals surface area contributed by atoms with Crippen LogP contribution in [-0.4, -0.2) is 49.7 Å². The molecule has 0 bridgehead atoms. The Kier molecular flexibility index (Phi) is 7.74. The van der Waals surface area contributed by atoms with Crippen LogP contribution in [0.3, 0.4) is 0 Å². The number of hydrogen-bond acceptors (Lipinski definition) is 4. The van der Waals surface area contributed by atoms with E-state index in [1.807, 2.05) is 56.0 Å². The molecule has 0 aromatic heterocycles. The van der Waals surface area contributed by atoms with Gasteiger partial charge in [0.05, 0.1) is 11.4 Å². The van der Waals surface area contributed by atoms with Crippen molar-refractivity contribution in [2.75, 3.05) is 25.5 Å². The predicted octanol–water partition coefficient (Wildman–Crippen LogP) is 3.18. The predicted molar refractivity (Wildman–Crippen MR) is 113 cm³/mol. The van der Waals surface area contributed by atoms with Crippen molar-refractivity contribution >= 4 is 21.6 Å². The van der Waals surface area contributed by atoms with Gasteiger partial charge in [-0.2, -0.15) is 4.31 Å². The Bertz CT molecular complexity index is 866. The zero-order valence-corrected chi connectivity index (χ0v) is 17.7. The molecular weight excluding hydrogens is 374 g/mol. The second-order valence-corrected chi connectivity index (χ2v) is 8.97. The van der Waals surface area contributed by atoms with Crippen LogP contribution in [-0.2, 0) is 21.4 Å². The Morgan fingerprint density at radius 1 is 1.04 bits per heavy atom. The highest BCUT2D eigenvalue weighted by molar-refractivity contribution is 7.89. The van der Waals surface area contributed by atoms with E-state index in [-0.39, 0.29) is 23.4 Å². The number of carbonyl (C=O) groups is 1. The number of hydrogen-bond donors (Lipinski definition) is 1. The minimum atomic E-state index is -3.53. The number of sulfonamides is 1. The fourth-order valence-corrected chi connectivity index (χ4v) is 4.05. The minimum Gasteiger partial charge on any atom is -0.325 e. The lowest BCUT2D eigenvalue weighted by Gasteiger charge is -2.21. The molecule has 1 N–H and O–H groups in total. The standard InChI is InChI=1S/C21H29N3O3S/c1-5-24(15-18-9-7-6-8-10-18)16-21(25)22-19-11-13-20(14-12-19)28(26,27)23(4)17(2)3/h6-14,17H,5,15-16H2,1-4H3,(H,22,25). The van der Waals surface area contributed by atoms with Crippen LogP contribution in [0.25, 0.3) is 0 Å². The van der Waals surface area contributed by atoms with Crippen molar-refractivity contribution in [1.29, 1.82) is 0 Å². The SMILES string of the molecule is CCN(CC(=O)Nc1ccc(S(=O)(=O)N(C)C(C)C)cc1)Cc1ccccc1. The van der Waals surface area contributed by atoms with Gasteiger partial charge >= 0.3 is 0 Å². The molecule has 0 unspecified atom stereocenters. The highest BCUT2D eigenvalue weighted by Gasteiger charge is 2.22. The lowest BCUT2D eigenvalue weighted by molar-refractivity contribution is -0.117. The van der Waals surface area contributed by atoms with Crippen molar-refractivity contribution in [3.05, 3.63) is 60.2 Å². The van der Waals surface area contributed by atoms with Gasteiger partial charge in [-0.25, -0.2) is 8.42 Å². The maximum absolute atomic E-state index is 12.5. The van der Waals surface area contributed by atoms with Crippen LogP contribution < -0.4 is 5.32 Å². The van der Waals surface area contributed by atoms with Crippen molar-refractivity contribution in [2.45, 2.75) is 38.3 Å². The van der Waals surface area contributed by atoms with Crippen molar-refractivity contribution in [1.82, 2.24) is 9.21 Å². The molecule has 2 aromatic rings. The molecule has 0 saturated carbocycles. The zero-order chi connectivity index (χ0) is 20.7. The maximum atomic E-state index is 12.5. The summed E-state index contributed by atoms with van der Waals surface area (Å²) < 4.78 is 26.3. The molecule has 28 heavy (non-hydrogen) atoms. The fraction of sp³-hybridized carbons (Fsp3) is 0.381. The van der Waals surface area contributed by atoms with Crippen molar-refractivity contribution < 1.29 is 13.2 Å². The second kappa shape index (κ2) is 9.82.